The number of benzene rings is 2. The summed E-state index contributed by atoms with van der Waals surface area (Å²) in [6.07, 6.45) is 0. The summed E-state index contributed by atoms with van der Waals surface area (Å²) in [4.78, 5) is 29.3. The molecule has 0 spiro atoms. The summed E-state index contributed by atoms with van der Waals surface area (Å²) in [5, 5.41) is 0. The van der Waals surface area contributed by atoms with E-state index in [1.54, 1.807) is 0 Å². The van der Waals surface area contributed by atoms with Crippen molar-refractivity contribution >= 4 is 11.8 Å². The topological polar surface area (TPSA) is 40.4 Å². The standard InChI is InChI=1S/C20H20N2O2/c1-19-17(23)21(13-15-9-5-3-6-10-15)18(24)20(19,2)22(19)14-16-11-7-4-8-12-16/h3-12H,13-14H2,1-2H3. The quantitative estimate of drug-likeness (QED) is 0.642. The van der Waals surface area contributed by atoms with Gasteiger partial charge in [-0.3, -0.25) is 19.4 Å². The van der Waals surface area contributed by atoms with Crippen molar-refractivity contribution < 1.29 is 9.59 Å². The van der Waals surface area contributed by atoms with Crippen molar-refractivity contribution in [2.45, 2.75) is 38.0 Å². The van der Waals surface area contributed by atoms with Crippen LogP contribution in [-0.2, 0) is 22.7 Å². The van der Waals surface area contributed by atoms with Gasteiger partial charge in [0.05, 0.1) is 6.54 Å². The third-order valence-corrected chi connectivity index (χ3v) is 5.67. The third kappa shape index (κ3) is 1.83. The van der Waals surface area contributed by atoms with Gasteiger partial charge in [0.1, 0.15) is 11.1 Å². The minimum atomic E-state index is -0.727. The minimum absolute atomic E-state index is 0.0882. The van der Waals surface area contributed by atoms with Gasteiger partial charge < -0.3 is 0 Å². The summed E-state index contributed by atoms with van der Waals surface area (Å²) >= 11 is 0. The molecule has 2 fully saturated rings. The Labute approximate surface area is 141 Å². The van der Waals surface area contributed by atoms with E-state index < -0.39 is 11.1 Å². The van der Waals surface area contributed by atoms with Crippen LogP contribution in [0.15, 0.2) is 60.7 Å². The second kappa shape index (κ2) is 5.02. The number of likely N-dealkylation sites (tertiary alicyclic amines) is 1. The van der Waals surface area contributed by atoms with Gasteiger partial charge in [0.15, 0.2) is 0 Å². The summed E-state index contributed by atoms with van der Waals surface area (Å²) < 4.78 is 0. The van der Waals surface area contributed by atoms with Gasteiger partial charge in [-0.25, -0.2) is 0 Å². The van der Waals surface area contributed by atoms with Crippen molar-refractivity contribution in [1.82, 2.24) is 9.80 Å². The maximum absolute atomic E-state index is 13.0. The SMILES string of the molecule is CC12C(=O)N(Cc3ccccc3)C(=O)C1(C)N2Cc1ccccc1. The van der Waals surface area contributed by atoms with Gasteiger partial charge in [-0.15, -0.1) is 0 Å². The van der Waals surface area contributed by atoms with Gasteiger partial charge >= 0.3 is 0 Å². The number of rotatable bonds is 4. The molecule has 2 saturated heterocycles. The average Bonchev–Trinajstić information content (AvgIpc) is 3.05. The Bertz CT molecular complexity index is 777. The van der Waals surface area contributed by atoms with Crippen molar-refractivity contribution in [3.8, 4) is 0 Å². The molecular formula is C20H20N2O2. The molecule has 4 heteroatoms. The summed E-state index contributed by atoms with van der Waals surface area (Å²) in [5.74, 6) is -0.176. The van der Waals surface area contributed by atoms with Crippen LogP contribution in [-0.4, -0.2) is 32.7 Å². The highest BCUT2D eigenvalue weighted by Gasteiger charge is 2.83. The number of nitrogens with zero attached hydrogens (tertiary/aromatic N) is 2. The van der Waals surface area contributed by atoms with Gasteiger partial charge in [-0.05, 0) is 25.0 Å². The maximum atomic E-state index is 13.0. The van der Waals surface area contributed by atoms with E-state index in [4.69, 9.17) is 0 Å². The summed E-state index contributed by atoms with van der Waals surface area (Å²) in [6.45, 7) is 4.75. The van der Waals surface area contributed by atoms with Crippen LogP contribution in [0.3, 0.4) is 0 Å². The van der Waals surface area contributed by atoms with E-state index in [1.165, 1.54) is 4.90 Å². The Morgan fingerprint density at radius 3 is 1.58 bits per heavy atom. The van der Waals surface area contributed by atoms with Crippen molar-refractivity contribution in [3.63, 3.8) is 0 Å². The van der Waals surface area contributed by atoms with Gasteiger partial charge in [-0.2, -0.15) is 0 Å². The molecule has 24 heavy (non-hydrogen) atoms. The molecule has 0 bridgehead atoms. The van der Waals surface area contributed by atoms with E-state index in [-0.39, 0.29) is 11.8 Å². The molecule has 2 amide bonds. The van der Waals surface area contributed by atoms with Gasteiger partial charge in [-0.1, -0.05) is 60.7 Å². The van der Waals surface area contributed by atoms with Crippen LogP contribution in [0.5, 0.6) is 0 Å². The summed E-state index contributed by atoms with van der Waals surface area (Å²) in [5.41, 5.74) is 0.635. The molecule has 2 aliphatic rings. The monoisotopic (exact) mass is 320 g/mol. The molecule has 0 saturated carbocycles. The number of hydrogen-bond acceptors (Lipinski definition) is 3. The van der Waals surface area contributed by atoms with Crippen molar-refractivity contribution in [2.75, 3.05) is 0 Å². The molecule has 2 atom stereocenters. The lowest BCUT2D eigenvalue weighted by Gasteiger charge is -2.23. The molecule has 2 heterocycles. The zero-order valence-electron chi connectivity index (χ0n) is 13.9. The van der Waals surface area contributed by atoms with E-state index >= 15 is 0 Å². The normalized spacial score (nSPS) is 31.2. The molecule has 2 aromatic carbocycles. The van der Waals surface area contributed by atoms with Crippen LogP contribution < -0.4 is 0 Å². The highest BCUT2D eigenvalue weighted by atomic mass is 16.2. The Balaban J connectivity index is 1.58. The van der Waals surface area contributed by atoms with E-state index in [2.05, 4.69) is 0 Å². The number of carbonyl (C=O) groups is 2. The first-order chi connectivity index (χ1) is 11.5. The molecule has 2 unspecified atom stereocenters. The average molecular weight is 320 g/mol. The van der Waals surface area contributed by atoms with Gasteiger partial charge in [0.25, 0.3) is 11.8 Å². The second-order valence-corrected chi connectivity index (χ2v) is 6.90. The van der Waals surface area contributed by atoms with Crippen LogP contribution in [0.4, 0.5) is 0 Å². The first kappa shape index (κ1) is 15.1. The molecule has 2 aliphatic heterocycles. The fraction of sp³-hybridized carbons (Fsp3) is 0.300. The predicted octanol–water partition coefficient (Wildman–Crippen LogP) is 2.59. The molecule has 0 radical (unpaired) electrons. The lowest BCUT2D eigenvalue weighted by Crippen LogP contribution is -2.42. The van der Waals surface area contributed by atoms with Crippen LogP contribution in [0, 0.1) is 0 Å². The van der Waals surface area contributed by atoms with Crippen molar-refractivity contribution in [2.24, 2.45) is 0 Å². The molecule has 0 aromatic heterocycles. The zero-order chi connectivity index (χ0) is 16.9. The highest BCUT2D eigenvalue weighted by molar-refractivity contribution is 6.18. The fourth-order valence-electron chi connectivity index (χ4n) is 3.95. The van der Waals surface area contributed by atoms with Crippen LogP contribution in [0.25, 0.3) is 0 Å². The number of imide groups is 1. The highest BCUT2D eigenvalue weighted by Crippen LogP contribution is 2.58. The Hall–Kier alpha value is -2.46. The van der Waals surface area contributed by atoms with Crippen LogP contribution >= 0.6 is 0 Å². The number of piperazine rings is 1. The summed E-state index contributed by atoms with van der Waals surface area (Å²) in [6, 6.07) is 19.6. The zero-order valence-corrected chi connectivity index (χ0v) is 13.9. The lowest BCUT2D eigenvalue weighted by molar-refractivity contribution is -0.145. The lowest BCUT2D eigenvalue weighted by atomic mass is 10.00. The Kier molecular flexibility index (Phi) is 3.15. The predicted molar refractivity (Wildman–Crippen MR) is 90.8 cm³/mol. The van der Waals surface area contributed by atoms with E-state index in [9.17, 15) is 9.59 Å². The number of amides is 2. The van der Waals surface area contributed by atoms with Crippen molar-refractivity contribution in [3.05, 3.63) is 71.8 Å². The molecule has 4 nitrogen and oxygen atoms in total. The van der Waals surface area contributed by atoms with Crippen molar-refractivity contribution in [1.29, 1.82) is 0 Å². The largest absolute Gasteiger partial charge is 0.275 e. The van der Waals surface area contributed by atoms with E-state index in [1.807, 2.05) is 79.4 Å². The fourth-order valence-corrected chi connectivity index (χ4v) is 3.95. The second-order valence-electron chi connectivity index (χ2n) is 6.90. The van der Waals surface area contributed by atoms with Gasteiger partial charge in [0, 0.05) is 6.54 Å². The Morgan fingerprint density at radius 2 is 1.12 bits per heavy atom. The third-order valence-electron chi connectivity index (χ3n) is 5.67. The smallest absolute Gasteiger partial charge is 0.252 e. The number of hydrogen-bond donors (Lipinski definition) is 0. The van der Waals surface area contributed by atoms with E-state index in [0.29, 0.717) is 13.1 Å². The molecule has 0 aliphatic carbocycles. The first-order valence-corrected chi connectivity index (χ1v) is 8.21. The molecule has 0 N–H and O–H groups in total. The minimum Gasteiger partial charge on any atom is -0.275 e. The van der Waals surface area contributed by atoms with Gasteiger partial charge in [0.2, 0.25) is 0 Å². The first-order valence-electron chi connectivity index (χ1n) is 8.21. The maximum Gasteiger partial charge on any atom is 0.252 e. The summed E-state index contributed by atoms with van der Waals surface area (Å²) in [7, 11) is 0. The molecule has 122 valence electrons. The molecule has 2 aromatic rings. The number of carbonyl (C=O) groups excluding carboxylic acids is 2. The molecular weight excluding hydrogens is 300 g/mol. The number of fused-ring (bicyclic) bond motifs is 1. The van der Waals surface area contributed by atoms with E-state index in [0.717, 1.165) is 11.1 Å². The Morgan fingerprint density at radius 1 is 0.708 bits per heavy atom. The van der Waals surface area contributed by atoms with Crippen LogP contribution in [0.1, 0.15) is 25.0 Å². The van der Waals surface area contributed by atoms with Crippen LogP contribution in [0.2, 0.25) is 0 Å². The molecule has 4 rings (SSSR count).